The molecule has 0 saturated carbocycles. The van der Waals surface area contributed by atoms with E-state index in [1.165, 1.54) is 16.9 Å². The molecule has 1 aliphatic rings. The highest BCUT2D eigenvalue weighted by Gasteiger charge is 2.19. The summed E-state index contributed by atoms with van der Waals surface area (Å²) in [5.74, 6) is 0. The van der Waals surface area contributed by atoms with E-state index in [9.17, 15) is 10.1 Å². The molecule has 0 aliphatic carbocycles. The first-order chi connectivity index (χ1) is 11.2. The number of hydrogen-bond donors (Lipinski definition) is 1. The number of nitro groups is 1. The van der Waals surface area contributed by atoms with Crippen molar-refractivity contribution < 1.29 is 4.92 Å². The molecule has 2 aromatic rings. The average molecular weight is 331 g/mol. The lowest BCUT2D eigenvalue weighted by Crippen LogP contribution is -2.41. The topological polar surface area (TPSA) is 58.4 Å². The molecular formula is C17H21N3O2S. The molecule has 1 N–H and O–H groups in total. The van der Waals surface area contributed by atoms with Gasteiger partial charge in [-0.2, -0.15) is 0 Å². The molecular weight excluding hydrogens is 310 g/mol. The predicted octanol–water partition coefficient (Wildman–Crippen LogP) is 3.41. The minimum atomic E-state index is -0.323. The van der Waals surface area contributed by atoms with Crippen molar-refractivity contribution >= 4 is 16.3 Å². The summed E-state index contributed by atoms with van der Waals surface area (Å²) in [6.07, 6.45) is 2.25. The number of thiophene rings is 1. The van der Waals surface area contributed by atoms with Crippen LogP contribution in [0.5, 0.6) is 0 Å². The van der Waals surface area contributed by atoms with Crippen molar-refractivity contribution in [3.8, 4) is 0 Å². The number of rotatable bonds is 6. The number of nitrogens with zero attached hydrogens (tertiary/aromatic N) is 2. The lowest BCUT2D eigenvalue weighted by atomic mass is 10.0. The first-order valence-electron chi connectivity index (χ1n) is 7.92. The van der Waals surface area contributed by atoms with E-state index in [0.29, 0.717) is 12.6 Å². The highest BCUT2D eigenvalue weighted by Crippen LogP contribution is 2.23. The normalized spacial score (nSPS) is 16.5. The molecule has 1 aliphatic heterocycles. The average Bonchev–Trinajstić information content (AvgIpc) is 3.04. The fourth-order valence-corrected chi connectivity index (χ4v) is 3.68. The van der Waals surface area contributed by atoms with Crippen LogP contribution in [0.2, 0.25) is 0 Å². The lowest BCUT2D eigenvalue weighted by Gasteiger charge is -2.32. The molecule has 0 unspecified atom stereocenters. The van der Waals surface area contributed by atoms with Gasteiger partial charge in [-0.1, -0.05) is 41.7 Å². The number of nitrogens with one attached hydrogen (secondary N) is 1. The Morgan fingerprint density at radius 3 is 2.61 bits per heavy atom. The first-order valence-corrected chi connectivity index (χ1v) is 8.80. The molecule has 0 amide bonds. The van der Waals surface area contributed by atoms with Gasteiger partial charge in [0.05, 0.1) is 4.92 Å². The second-order valence-corrected chi connectivity index (χ2v) is 6.86. The summed E-state index contributed by atoms with van der Waals surface area (Å²) in [5, 5.41) is 16.3. The standard InChI is InChI=1S/C17H21N3O2S/c21-20(22)17-10-15(13-23-17)11-18-16-6-8-19(9-7-16)12-14-4-2-1-3-5-14/h1-5,10,13,16,18H,6-9,11-12H2. The second kappa shape index (κ2) is 7.68. The minimum absolute atomic E-state index is 0.222. The van der Waals surface area contributed by atoms with E-state index in [2.05, 4.69) is 40.5 Å². The largest absolute Gasteiger partial charge is 0.324 e. The fourth-order valence-electron chi connectivity index (χ4n) is 2.95. The van der Waals surface area contributed by atoms with E-state index in [0.717, 1.165) is 38.0 Å². The van der Waals surface area contributed by atoms with Crippen LogP contribution in [0.4, 0.5) is 5.00 Å². The van der Waals surface area contributed by atoms with E-state index >= 15 is 0 Å². The molecule has 122 valence electrons. The van der Waals surface area contributed by atoms with E-state index in [1.807, 2.05) is 5.38 Å². The Balaban J connectivity index is 1.41. The van der Waals surface area contributed by atoms with Crippen molar-refractivity contribution in [1.29, 1.82) is 0 Å². The molecule has 1 aromatic heterocycles. The molecule has 1 saturated heterocycles. The Labute approximate surface area is 140 Å². The summed E-state index contributed by atoms with van der Waals surface area (Å²) in [6.45, 7) is 3.92. The Kier molecular flexibility index (Phi) is 5.38. The predicted molar refractivity (Wildman–Crippen MR) is 92.6 cm³/mol. The van der Waals surface area contributed by atoms with Crippen LogP contribution in [-0.4, -0.2) is 29.0 Å². The van der Waals surface area contributed by atoms with Crippen LogP contribution in [0.1, 0.15) is 24.0 Å². The quantitative estimate of drug-likeness (QED) is 0.651. The van der Waals surface area contributed by atoms with Gasteiger partial charge >= 0.3 is 5.00 Å². The maximum atomic E-state index is 10.7. The Morgan fingerprint density at radius 2 is 1.96 bits per heavy atom. The Morgan fingerprint density at radius 1 is 1.22 bits per heavy atom. The second-order valence-electron chi connectivity index (χ2n) is 5.97. The zero-order valence-corrected chi connectivity index (χ0v) is 13.8. The molecule has 1 aromatic carbocycles. The maximum Gasteiger partial charge on any atom is 0.324 e. The summed E-state index contributed by atoms with van der Waals surface area (Å²) < 4.78 is 0. The van der Waals surface area contributed by atoms with Gasteiger partial charge in [0.25, 0.3) is 0 Å². The van der Waals surface area contributed by atoms with Crippen LogP contribution in [0.25, 0.3) is 0 Å². The Hall–Kier alpha value is -1.76. The number of benzene rings is 1. The summed E-state index contributed by atoms with van der Waals surface area (Å²) in [4.78, 5) is 12.9. The van der Waals surface area contributed by atoms with Crippen LogP contribution in [0.3, 0.4) is 0 Å². The van der Waals surface area contributed by atoms with Crippen LogP contribution in [0, 0.1) is 10.1 Å². The molecule has 0 atom stereocenters. The number of piperidine rings is 1. The van der Waals surface area contributed by atoms with Gasteiger partial charge in [0.1, 0.15) is 0 Å². The van der Waals surface area contributed by atoms with E-state index in [4.69, 9.17) is 0 Å². The van der Waals surface area contributed by atoms with Crippen molar-refractivity contribution in [2.75, 3.05) is 13.1 Å². The van der Waals surface area contributed by atoms with E-state index in [1.54, 1.807) is 6.07 Å². The molecule has 2 heterocycles. The van der Waals surface area contributed by atoms with Gasteiger partial charge in [0, 0.05) is 30.6 Å². The summed E-state index contributed by atoms with van der Waals surface area (Å²) in [6, 6.07) is 12.7. The molecule has 0 radical (unpaired) electrons. The smallest absolute Gasteiger partial charge is 0.310 e. The molecule has 6 heteroatoms. The Bertz CT molecular complexity index is 636. The summed E-state index contributed by atoms with van der Waals surface area (Å²) in [5.41, 5.74) is 2.37. The maximum absolute atomic E-state index is 10.7. The third-order valence-electron chi connectivity index (χ3n) is 4.25. The van der Waals surface area contributed by atoms with Crippen LogP contribution < -0.4 is 5.32 Å². The van der Waals surface area contributed by atoms with Crippen LogP contribution in [0.15, 0.2) is 41.8 Å². The van der Waals surface area contributed by atoms with Gasteiger partial charge in [-0.15, -0.1) is 0 Å². The molecule has 5 nitrogen and oxygen atoms in total. The molecule has 0 bridgehead atoms. The van der Waals surface area contributed by atoms with Crippen LogP contribution in [-0.2, 0) is 13.1 Å². The van der Waals surface area contributed by atoms with Gasteiger partial charge in [0.15, 0.2) is 0 Å². The highest BCUT2D eigenvalue weighted by atomic mass is 32.1. The van der Waals surface area contributed by atoms with E-state index in [-0.39, 0.29) is 9.92 Å². The summed E-state index contributed by atoms with van der Waals surface area (Å²) in [7, 11) is 0. The first kappa shape index (κ1) is 16.1. The number of hydrogen-bond acceptors (Lipinski definition) is 5. The van der Waals surface area contributed by atoms with Crippen molar-refractivity contribution in [1.82, 2.24) is 10.2 Å². The van der Waals surface area contributed by atoms with E-state index < -0.39 is 0 Å². The molecule has 0 spiro atoms. The molecule has 23 heavy (non-hydrogen) atoms. The van der Waals surface area contributed by atoms with Crippen molar-refractivity contribution in [3.63, 3.8) is 0 Å². The van der Waals surface area contributed by atoms with Crippen molar-refractivity contribution in [2.24, 2.45) is 0 Å². The zero-order chi connectivity index (χ0) is 16.1. The van der Waals surface area contributed by atoms with Crippen LogP contribution >= 0.6 is 11.3 Å². The van der Waals surface area contributed by atoms with Gasteiger partial charge in [-0.05, 0) is 37.1 Å². The van der Waals surface area contributed by atoms with Crippen molar-refractivity contribution in [3.05, 3.63) is 63.0 Å². The van der Waals surface area contributed by atoms with Gasteiger partial charge in [0.2, 0.25) is 0 Å². The summed E-state index contributed by atoms with van der Waals surface area (Å²) >= 11 is 1.20. The third kappa shape index (κ3) is 4.60. The molecule has 1 fully saturated rings. The lowest BCUT2D eigenvalue weighted by molar-refractivity contribution is -0.380. The number of likely N-dealkylation sites (tertiary alicyclic amines) is 1. The minimum Gasteiger partial charge on any atom is -0.310 e. The van der Waals surface area contributed by atoms with Gasteiger partial charge in [-0.25, -0.2) is 0 Å². The molecule has 3 rings (SSSR count). The highest BCUT2D eigenvalue weighted by molar-refractivity contribution is 7.13. The van der Waals surface area contributed by atoms with Gasteiger partial charge in [-0.3, -0.25) is 15.0 Å². The monoisotopic (exact) mass is 331 g/mol. The third-order valence-corrected chi connectivity index (χ3v) is 5.18. The zero-order valence-electron chi connectivity index (χ0n) is 13.0. The van der Waals surface area contributed by atoms with Crippen molar-refractivity contribution in [2.45, 2.75) is 32.0 Å². The van der Waals surface area contributed by atoms with Gasteiger partial charge < -0.3 is 5.32 Å². The fraction of sp³-hybridized carbons (Fsp3) is 0.412. The SMILES string of the molecule is O=[N+]([O-])c1cc(CNC2CCN(Cc3ccccc3)CC2)cs1.